The minimum Gasteiger partial charge on any atom is -0.396 e. The Morgan fingerprint density at radius 3 is 2.67 bits per heavy atom. The summed E-state index contributed by atoms with van der Waals surface area (Å²) in [5, 5.41) is 16.1. The SMILES string of the molecule is CCCC1(C(=O)NCC2CCCCC2CO)CCCNC1. The lowest BCUT2D eigenvalue weighted by molar-refractivity contribution is -0.133. The lowest BCUT2D eigenvalue weighted by Crippen LogP contribution is -2.51. The van der Waals surface area contributed by atoms with Gasteiger partial charge in [-0.2, -0.15) is 0 Å². The molecule has 0 aromatic heterocycles. The Hall–Kier alpha value is -0.610. The third-order valence-corrected chi connectivity index (χ3v) is 5.51. The zero-order valence-corrected chi connectivity index (χ0v) is 13.5. The summed E-state index contributed by atoms with van der Waals surface area (Å²) in [6, 6.07) is 0. The third-order valence-electron chi connectivity index (χ3n) is 5.51. The molecule has 21 heavy (non-hydrogen) atoms. The largest absolute Gasteiger partial charge is 0.396 e. The normalized spacial score (nSPS) is 33.6. The van der Waals surface area contributed by atoms with Crippen molar-refractivity contribution in [3.8, 4) is 0 Å². The highest BCUT2D eigenvalue weighted by Gasteiger charge is 2.39. The molecule has 4 nitrogen and oxygen atoms in total. The van der Waals surface area contributed by atoms with E-state index in [0.29, 0.717) is 11.8 Å². The quantitative estimate of drug-likeness (QED) is 0.703. The lowest BCUT2D eigenvalue weighted by atomic mass is 9.75. The van der Waals surface area contributed by atoms with E-state index in [2.05, 4.69) is 17.6 Å². The van der Waals surface area contributed by atoms with E-state index in [1.165, 1.54) is 12.8 Å². The average Bonchev–Trinajstić information content (AvgIpc) is 2.54. The monoisotopic (exact) mass is 296 g/mol. The highest BCUT2D eigenvalue weighted by molar-refractivity contribution is 5.83. The summed E-state index contributed by atoms with van der Waals surface area (Å²) in [6.45, 7) is 5.03. The van der Waals surface area contributed by atoms with Crippen LogP contribution in [0.25, 0.3) is 0 Å². The molecule has 3 N–H and O–H groups in total. The van der Waals surface area contributed by atoms with Gasteiger partial charge in [0.1, 0.15) is 0 Å². The van der Waals surface area contributed by atoms with Gasteiger partial charge in [-0.1, -0.05) is 26.2 Å². The Labute approximate surface area is 129 Å². The molecule has 1 saturated carbocycles. The summed E-state index contributed by atoms with van der Waals surface area (Å²) >= 11 is 0. The van der Waals surface area contributed by atoms with Crippen molar-refractivity contribution >= 4 is 5.91 Å². The first-order valence-corrected chi connectivity index (χ1v) is 8.82. The molecule has 1 amide bonds. The molecule has 0 aromatic rings. The van der Waals surface area contributed by atoms with Gasteiger partial charge in [0.25, 0.3) is 0 Å². The van der Waals surface area contributed by atoms with Gasteiger partial charge in [0.05, 0.1) is 5.41 Å². The zero-order valence-electron chi connectivity index (χ0n) is 13.5. The second kappa shape index (κ2) is 8.14. The van der Waals surface area contributed by atoms with E-state index < -0.39 is 0 Å². The zero-order chi connectivity index (χ0) is 15.1. The molecule has 2 aliphatic rings. The van der Waals surface area contributed by atoms with Crippen LogP contribution in [0.3, 0.4) is 0 Å². The number of piperidine rings is 1. The molecule has 0 spiro atoms. The first-order valence-electron chi connectivity index (χ1n) is 8.82. The van der Waals surface area contributed by atoms with Crippen LogP contribution in [0.5, 0.6) is 0 Å². The summed E-state index contributed by atoms with van der Waals surface area (Å²) in [5.74, 6) is 1.08. The summed E-state index contributed by atoms with van der Waals surface area (Å²) < 4.78 is 0. The maximum atomic E-state index is 12.7. The van der Waals surface area contributed by atoms with Crippen LogP contribution in [0.15, 0.2) is 0 Å². The van der Waals surface area contributed by atoms with Gasteiger partial charge in [0, 0.05) is 19.7 Å². The van der Waals surface area contributed by atoms with Gasteiger partial charge < -0.3 is 15.7 Å². The van der Waals surface area contributed by atoms with Gasteiger partial charge in [0.2, 0.25) is 5.91 Å². The van der Waals surface area contributed by atoms with Crippen LogP contribution < -0.4 is 10.6 Å². The molecule has 0 aromatic carbocycles. The Morgan fingerprint density at radius 1 is 1.29 bits per heavy atom. The summed E-state index contributed by atoms with van der Waals surface area (Å²) in [4.78, 5) is 12.7. The number of carbonyl (C=O) groups excluding carboxylic acids is 1. The van der Waals surface area contributed by atoms with E-state index in [4.69, 9.17) is 0 Å². The van der Waals surface area contributed by atoms with Crippen molar-refractivity contribution in [1.29, 1.82) is 0 Å². The van der Waals surface area contributed by atoms with E-state index in [9.17, 15) is 9.90 Å². The molecule has 3 unspecified atom stereocenters. The molecule has 2 rings (SSSR count). The first-order chi connectivity index (χ1) is 10.2. The van der Waals surface area contributed by atoms with Crippen LogP contribution in [-0.4, -0.2) is 37.3 Å². The van der Waals surface area contributed by atoms with Crippen LogP contribution >= 0.6 is 0 Å². The van der Waals surface area contributed by atoms with Crippen LogP contribution in [0.4, 0.5) is 0 Å². The molecule has 122 valence electrons. The van der Waals surface area contributed by atoms with Gasteiger partial charge in [-0.25, -0.2) is 0 Å². The second-order valence-electron chi connectivity index (χ2n) is 7.01. The number of nitrogens with one attached hydrogen (secondary N) is 2. The smallest absolute Gasteiger partial charge is 0.227 e. The fraction of sp³-hybridized carbons (Fsp3) is 0.941. The molecular weight excluding hydrogens is 264 g/mol. The van der Waals surface area contributed by atoms with Crippen LogP contribution in [0, 0.1) is 17.3 Å². The van der Waals surface area contributed by atoms with Gasteiger partial charge in [-0.15, -0.1) is 0 Å². The van der Waals surface area contributed by atoms with Crippen molar-refractivity contribution in [3.63, 3.8) is 0 Å². The van der Waals surface area contributed by atoms with Crippen molar-refractivity contribution in [2.24, 2.45) is 17.3 Å². The number of aliphatic hydroxyl groups is 1. The molecule has 2 fully saturated rings. The standard InChI is InChI=1S/C17H32N2O2/c1-2-8-17(9-5-10-18-13-17)16(21)19-11-14-6-3-4-7-15(14)12-20/h14-15,18,20H,2-13H2,1H3,(H,19,21). The molecule has 0 bridgehead atoms. The van der Waals surface area contributed by atoms with Crippen molar-refractivity contribution < 1.29 is 9.90 Å². The van der Waals surface area contributed by atoms with E-state index in [1.54, 1.807) is 0 Å². The average molecular weight is 296 g/mol. The Kier molecular flexibility index (Phi) is 6.49. The summed E-state index contributed by atoms with van der Waals surface area (Å²) in [7, 11) is 0. The fourth-order valence-corrected chi connectivity index (χ4v) is 4.17. The van der Waals surface area contributed by atoms with Gasteiger partial charge >= 0.3 is 0 Å². The molecule has 0 radical (unpaired) electrons. The summed E-state index contributed by atoms with van der Waals surface area (Å²) in [6.07, 6.45) is 8.84. The Morgan fingerprint density at radius 2 is 2.05 bits per heavy atom. The maximum Gasteiger partial charge on any atom is 0.227 e. The van der Waals surface area contributed by atoms with E-state index >= 15 is 0 Å². The van der Waals surface area contributed by atoms with Gasteiger partial charge in [0.15, 0.2) is 0 Å². The molecule has 1 aliphatic carbocycles. The number of carbonyl (C=O) groups is 1. The number of hydrogen-bond donors (Lipinski definition) is 3. The second-order valence-corrected chi connectivity index (χ2v) is 7.01. The molecule has 1 aliphatic heterocycles. The van der Waals surface area contributed by atoms with Crippen LogP contribution in [0.1, 0.15) is 58.3 Å². The minimum atomic E-state index is -0.198. The number of aliphatic hydroxyl groups excluding tert-OH is 1. The van der Waals surface area contributed by atoms with E-state index in [1.807, 2.05) is 0 Å². The number of rotatable bonds is 6. The topological polar surface area (TPSA) is 61.4 Å². The Bertz CT molecular complexity index is 321. The molecular formula is C17H32N2O2. The predicted molar refractivity (Wildman–Crippen MR) is 85.0 cm³/mol. The van der Waals surface area contributed by atoms with E-state index in [0.717, 1.165) is 58.2 Å². The van der Waals surface area contributed by atoms with Crippen molar-refractivity contribution in [1.82, 2.24) is 10.6 Å². The lowest BCUT2D eigenvalue weighted by Gasteiger charge is -2.37. The predicted octanol–water partition coefficient (Wildman–Crippen LogP) is 2.07. The molecule has 3 atom stereocenters. The van der Waals surface area contributed by atoms with Crippen molar-refractivity contribution in [2.45, 2.75) is 58.3 Å². The molecule has 1 heterocycles. The van der Waals surface area contributed by atoms with Gasteiger partial charge in [-0.3, -0.25) is 4.79 Å². The highest BCUT2D eigenvalue weighted by atomic mass is 16.3. The summed E-state index contributed by atoms with van der Waals surface area (Å²) in [5.41, 5.74) is -0.198. The molecule has 1 saturated heterocycles. The number of hydrogen-bond acceptors (Lipinski definition) is 3. The Balaban J connectivity index is 1.89. The fourth-order valence-electron chi connectivity index (χ4n) is 4.17. The first kappa shape index (κ1) is 16.8. The third kappa shape index (κ3) is 4.19. The highest BCUT2D eigenvalue weighted by Crippen LogP contribution is 2.33. The van der Waals surface area contributed by atoms with Crippen LogP contribution in [-0.2, 0) is 4.79 Å². The van der Waals surface area contributed by atoms with Crippen molar-refractivity contribution in [2.75, 3.05) is 26.2 Å². The van der Waals surface area contributed by atoms with E-state index in [-0.39, 0.29) is 17.9 Å². The number of amides is 1. The maximum absolute atomic E-state index is 12.7. The minimum absolute atomic E-state index is 0.198. The van der Waals surface area contributed by atoms with Crippen LogP contribution in [0.2, 0.25) is 0 Å². The van der Waals surface area contributed by atoms with Gasteiger partial charge in [-0.05, 0) is 50.5 Å². The molecule has 4 heteroatoms. The van der Waals surface area contributed by atoms with Crippen molar-refractivity contribution in [3.05, 3.63) is 0 Å².